The predicted octanol–water partition coefficient (Wildman–Crippen LogP) is 2.42. The van der Waals surface area contributed by atoms with Gasteiger partial charge in [-0.2, -0.15) is 4.98 Å². The molecule has 4 nitrogen and oxygen atoms in total. The number of halogens is 2. The van der Waals surface area contributed by atoms with Gasteiger partial charge in [-0.3, -0.25) is 0 Å². The quantitative estimate of drug-likeness (QED) is 0.869. The molecule has 2 atom stereocenters. The Bertz CT molecular complexity index is 392. The van der Waals surface area contributed by atoms with Crippen molar-refractivity contribution in [3.8, 4) is 0 Å². The molecule has 2 N–H and O–H groups in total. The van der Waals surface area contributed by atoms with Crippen LogP contribution in [0.3, 0.4) is 0 Å². The van der Waals surface area contributed by atoms with Crippen LogP contribution in [0.1, 0.15) is 56.7 Å². The van der Waals surface area contributed by atoms with Gasteiger partial charge in [0, 0.05) is 18.3 Å². The molecule has 2 rings (SSSR count). The van der Waals surface area contributed by atoms with Gasteiger partial charge in [-0.25, -0.2) is 8.78 Å². The molecule has 0 saturated heterocycles. The van der Waals surface area contributed by atoms with Crippen molar-refractivity contribution in [2.24, 2.45) is 5.73 Å². The van der Waals surface area contributed by atoms with Crippen molar-refractivity contribution < 1.29 is 13.3 Å². The molecule has 0 aliphatic heterocycles. The van der Waals surface area contributed by atoms with Crippen LogP contribution in [-0.4, -0.2) is 22.1 Å². The third-order valence-electron chi connectivity index (χ3n) is 3.23. The molecule has 6 heteroatoms. The number of rotatable bonds is 2. The van der Waals surface area contributed by atoms with Gasteiger partial charge in [-0.15, -0.1) is 0 Å². The molecule has 0 unspecified atom stereocenters. The second-order valence-electron chi connectivity index (χ2n) is 4.93. The Morgan fingerprint density at radius 3 is 2.76 bits per heavy atom. The van der Waals surface area contributed by atoms with E-state index in [1.54, 1.807) is 0 Å². The molecule has 1 heterocycles. The Hall–Kier alpha value is -1.04. The maximum Gasteiger partial charge on any atom is 0.263 e. The van der Waals surface area contributed by atoms with Crippen LogP contribution in [0.2, 0.25) is 0 Å². The van der Waals surface area contributed by atoms with E-state index in [1.165, 1.54) is 0 Å². The summed E-state index contributed by atoms with van der Waals surface area (Å²) >= 11 is 0. The van der Waals surface area contributed by atoms with E-state index in [0.717, 1.165) is 0 Å². The molecule has 1 fully saturated rings. The van der Waals surface area contributed by atoms with Gasteiger partial charge in [0.15, 0.2) is 5.82 Å². The lowest BCUT2D eigenvalue weighted by molar-refractivity contribution is -0.0604. The highest BCUT2D eigenvalue weighted by Gasteiger charge is 2.46. The van der Waals surface area contributed by atoms with Crippen molar-refractivity contribution in [2.75, 3.05) is 0 Å². The monoisotopic (exact) mass is 245 g/mol. The van der Waals surface area contributed by atoms with E-state index in [4.69, 9.17) is 10.3 Å². The SMILES string of the molecule is CC(C)c1nc([C@H]2CCCC(F)(F)[C@@H]2N)no1. The Morgan fingerprint density at radius 2 is 2.18 bits per heavy atom. The summed E-state index contributed by atoms with van der Waals surface area (Å²) in [6.45, 7) is 3.82. The van der Waals surface area contributed by atoms with Crippen LogP contribution >= 0.6 is 0 Å². The van der Waals surface area contributed by atoms with E-state index in [2.05, 4.69) is 10.1 Å². The van der Waals surface area contributed by atoms with E-state index in [9.17, 15) is 8.78 Å². The minimum Gasteiger partial charge on any atom is -0.339 e. The molecular weight excluding hydrogens is 228 g/mol. The molecule has 1 aromatic heterocycles. The Labute approximate surface area is 98.6 Å². The van der Waals surface area contributed by atoms with Gasteiger partial charge < -0.3 is 10.3 Å². The van der Waals surface area contributed by atoms with Crippen molar-refractivity contribution in [2.45, 2.75) is 56.9 Å². The van der Waals surface area contributed by atoms with Gasteiger partial charge in [0.1, 0.15) is 0 Å². The van der Waals surface area contributed by atoms with E-state index >= 15 is 0 Å². The summed E-state index contributed by atoms with van der Waals surface area (Å²) < 4.78 is 32.0. The van der Waals surface area contributed by atoms with Crippen molar-refractivity contribution in [1.29, 1.82) is 0 Å². The fourth-order valence-corrected chi connectivity index (χ4v) is 2.12. The zero-order valence-corrected chi connectivity index (χ0v) is 9.99. The average Bonchev–Trinajstić information content (AvgIpc) is 2.71. The van der Waals surface area contributed by atoms with E-state index in [1.807, 2.05) is 13.8 Å². The van der Waals surface area contributed by atoms with Crippen LogP contribution in [-0.2, 0) is 0 Å². The molecule has 0 amide bonds. The molecule has 17 heavy (non-hydrogen) atoms. The Balaban J connectivity index is 2.20. The average molecular weight is 245 g/mol. The minimum absolute atomic E-state index is 0.0941. The van der Waals surface area contributed by atoms with Gasteiger partial charge in [-0.05, 0) is 12.8 Å². The number of hydrogen-bond acceptors (Lipinski definition) is 4. The number of nitrogens with zero attached hydrogens (tertiary/aromatic N) is 2. The van der Waals surface area contributed by atoms with Crippen LogP contribution in [0.25, 0.3) is 0 Å². The first-order chi connectivity index (χ1) is 7.92. The number of alkyl halides is 2. The molecule has 1 saturated carbocycles. The molecule has 1 aromatic rings. The highest BCUT2D eigenvalue weighted by Crippen LogP contribution is 2.40. The lowest BCUT2D eigenvalue weighted by Crippen LogP contribution is -2.48. The second-order valence-corrected chi connectivity index (χ2v) is 4.93. The smallest absolute Gasteiger partial charge is 0.263 e. The summed E-state index contributed by atoms with van der Waals surface area (Å²) in [6, 6.07) is -1.21. The highest BCUT2D eigenvalue weighted by molar-refractivity contribution is 5.07. The third kappa shape index (κ3) is 2.31. The molecule has 1 aliphatic carbocycles. The molecular formula is C11H17F2N3O. The van der Waals surface area contributed by atoms with E-state index < -0.39 is 17.9 Å². The summed E-state index contributed by atoms with van der Waals surface area (Å²) in [7, 11) is 0. The largest absolute Gasteiger partial charge is 0.339 e. The standard InChI is InChI=1S/C11H17F2N3O/c1-6(2)10-15-9(16-17-10)7-4-3-5-11(12,13)8(7)14/h6-8H,3-5,14H2,1-2H3/t7-,8+/m0/s1. The van der Waals surface area contributed by atoms with Crippen LogP contribution in [0, 0.1) is 0 Å². The molecule has 1 aliphatic rings. The van der Waals surface area contributed by atoms with Crippen molar-refractivity contribution >= 4 is 0 Å². The molecule has 0 spiro atoms. The second kappa shape index (κ2) is 4.33. The fourth-order valence-electron chi connectivity index (χ4n) is 2.12. The van der Waals surface area contributed by atoms with Crippen LogP contribution in [0.4, 0.5) is 8.78 Å². The zero-order chi connectivity index (χ0) is 12.6. The third-order valence-corrected chi connectivity index (χ3v) is 3.23. The summed E-state index contributed by atoms with van der Waals surface area (Å²) in [6.07, 6.45) is 0.879. The number of hydrogen-bond donors (Lipinski definition) is 1. The molecule has 0 radical (unpaired) electrons. The van der Waals surface area contributed by atoms with Crippen LogP contribution < -0.4 is 5.73 Å². The fraction of sp³-hybridized carbons (Fsp3) is 0.818. The summed E-state index contributed by atoms with van der Waals surface area (Å²) in [5.41, 5.74) is 5.60. The first kappa shape index (κ1) is 12.4. The molecule has 96 valence electrons. The number of nitrogens with two attached hydrogens (primary N) is 1. The molecule has 0 bridgehead atoms. The van der Waals surface area contributed by atoms with E-state index in [-0.39, 0.29) is 12.3 Å². The van der Waals surface area contributed by atoms with Gasteiger partial charge in [0.2, 0.25) is 5.89 Å². The lowest BCUT2D eigenvalue weighted by atomic mass is 9.82. The Kier molecular flexibility index (Phi) is 3.16. The first-order valence-electron chi connectivity index (χ1n) is 5.88. The van der Waals surface area contributed by atoms with Crippen molar-refractivity contribution in [3.63, 3.8) is 0 Å². The molecule has 0 aromatic carbocycles. The van der Waals surface area contributed by atoms with Crippen LogP contribution in [0.15, 0.2) is 4.52 Å². The van der Waals surface area contributed by atoms with Gasteiger partial charge in [0.25, 0.3) is 5.92 Å². The summed E-state index contributed by atoms with van der Waals surface area (Å²) in [4.78, 5) is 4.16. The highest BCUT2D eigenvalue weighted by atomic mass is 19.3. The van der Waals surface area contributed by atoms with Gasteiger partial charge in [0.05, 0.1) is 6.04 Å². The van der Waals surface area contributed by atoms with Gasteiger partial charge in [-0.1, -0.05) is 19.0 Å². The van der Waals surface area contributed by atoms with Gasteiger partial charge >= 0.3 is 0 Å². The summed E-state index contributed by atoms with van der Waals surface area (Å²) in [5.74, 6) is -2.45. The number of aromatic nitrogens is 2. The Morgan fingerprint density at radius 1 is 1.47 bits per heavy atom. The van der Waals surface area contributed by atoms with Crippen molar-refractivity contribution in [3.05, 3.63) is 11.7 Å². The van der Waals surface area contributed by atoms with E-state index in [0.29, 0.717) is 24.6 Å². The van der Waals surface area contributed by atoms with Crippen LogP contribution in [0.5, 0.6) is 0 Å². The predicted molar refractivity (Wildman–Crippen MR) is 57.9 cm³/mol. The van der Waals surface area contributed by atoms with Crippen molar-refractivity contribution in [1.82, 2.24) is 10.1 Å². The summed E-state index contributed by atoms with van der Waals surface area (Å²) in [5, 5.41) is 3.78. The zero-order valence-electron chi connectivity index (χ0n) is 9.99. The first-order valence-corrected chi connectivity index (χ1v) is 5.88. The lowest BCUT2D eigenvalue weighted by Gasteiger charge is -2.33. The topological polar surface area (TPSA) is 64.9 Å². The maximum absolute atomic E-state index is 13.5. The maximum atomic E-state index is 13.5. The minimum atomic E-state index is -2.83. The normalized spacial score (nSPS) is 28.6.